The number of H-pyrrole nitrogens is 1. The van der Waals surface area contributed by atoms with Crippen LogP contribution < -0.4 is 10.7 Å². The van der Waals surface area contributed by atoms with E-state index < -0.39 is 23.1 Å². The second kappa shape index (κ2) is 6.62. The molecule has 2 N–H and O–H groups in total. The Kier molecular flexibility index (Phi) is 4.49. The van der Waals surface area contributed by atoms with Crippen molar-refractivity contribution in [3.05, 3.63) is 44.9 Å². The van der Waals surface area contributed by atoms with Gasteiger partial charge in [0.2, 0.25) is 0 Å². The number of nitrogens with one attached hydrogen (secondary N) is 1. The topological polar surface area (TPSA) is 69.5 Å². The van der Waals surface area contributed by atoms with Gasteiger partial charge >= 0.3 is 5.76 Å². The van der Waals surface area contributed by atoms with Crippen LogP contribution in [0.4, 0.5) is 14.5 Å². The molecule has 1 aliphatic heterocycles. The summed E-state index contributed by atoms with van der Waals surface area (Å²) >= 11 is 3.54. The summed E-state index contributed by atoms with van der Waals surface area (Å²) in [6.07, 6.45) is 2.04. The maximum atomic E-state index is 14.8. The molecule has 0 spiro atoms. The molecular formula is C20H19BrF2N2O3. The lowest BCUT2D eigenvalue weighted by Gasteiger charge is -2.38. The van der Waals surface area contributed by atoms with E-state index >= 15 is 0 Å². The Morgan fingerprint density at radius 1 is 1.21 bits per heavy atom. The number of aromatic hydroxyl groups is 1. The summed E-state index contributed by atoms with van der Waals surface area (Å²) in [7, 11) is 0. The van der Waals surface area contributed by atoms with Gasteiger partial charge in [0.15, 0.2) is 23.0 Å². The lowest BCUT2D eigenvalue weighted by Crippen LogP contribution is -2.37. The van der Waals surface area contributed by atoms with Crippen molar-refractivity contribution >= 4 is 32.7 Å². The number of nitrogens with zero attached hydrogens (tertiary/aromatic N) is 1. The molecule has 1 saturated heterocycles. The molecule has 0 aliphatic carbocycles. The van der Waals surface area contributed by atoms with Crippen LogP contribution >= 0.6 is 15.9 Å². The first kappa shape index (κ1) is 19.0. The van der Waals surface area contributed by atoms with Crippen LogP contribution in [0.1, 0.15) is 26.7 Å². The molecule has 148 valence electrons. The second-order valence-electron chi connectivity index (χ2n) is 7.89. The Morgan fingerprint density at radius 3 is 2.57 bits per heavy atom. The number of oxazole rings is 1. The van der Waals surface area contributed by atoms with Gasteiger partial charge in [0.05, 0.1) is 11.3 Å². The summed E-state index contributed by atoms with van der Waals surface area (Å²) in [6.45, 7) is 6.16. The summed E-state index contributed by atoms with van der Waals surface area (Å²) in [6, 6.07) is 5.15. The third kappa shape index (κ3) is 3.09. The first-order valence-corrected chi connectivity index (χ1v) is 9.75. The Bertz CT molecular complexity index is 1130. The largest absolute Gasteiger partial charge is 0.503 e. The summed E-state index contributed by atoms with van der Waals surface area (Å²) < 4.78 is 34.7. The molecule has 5 nitrogen and oxygen atoms in total. The minimum Gasteiger partial charge on any atom is -0.503 e. The zero-order chi connectivity index (χ0) is 20.2. The third-order valence-corrected chi connectivity index (χ3v) is 6.09. The molecule has 3 aromatic rings. The van der Waals surface area contributed by atoms with Crippen LogP contribution in [0.5, 0.6) is 5.75 Å². The number of anilines is 1. The number of piperidine rings is 1. The SMILES string of the molecule is CC1(C)CCN(c2cc(-c3c(F)c(O)c(F)c4[nH]c(=O)oc34)ccc2Br)CC1. The fraction of sp³-hybridized carbons (Fsp3) is 0.350. The molecule has 1 fully saturated rings. The van der Waals surface area contributed by atoms with Gasteiger partial charge < -0.3 is 14.4 Å². The highest BCUT2D eigenvalue weighted by Crippen LogP contribution is 2.41. The van der Waals surface area contributed by atoms with Crippen LogP contribution in [0, 0.1) is 17.0 Å². The van der Waals surface area contributed by atoms with Crippen molar-refractivity contribution < 1.29 is 18.3 Å². The monoisotopic (exact) mass is 452 g/mol. The number of hydrogen-bond donors (Lipinski definition) is 2. The minimum absolute atomic E-state index is 0.154. The molecule has 28 heavy (non-hydrogen) atoms. The van der Waals surface area contributed by atoms with Gasteiger partial charge in [0, 0.05) is 17.6 Å². The number of hydrogen-bond acceptors (Lipinski definition) is 4. The number of halogens is 3. The highest BCUT2D eigenvalue weighted by atomic mass is 79.9. The quantitative estimate of drug-likeness (QED) is 0.563. The van der Waals surface area contributed by atoms with E-state index in [0.29, 0.717) is 5.56 Å². The van der Waals surface area contributed by atoms with Crippen molar-refractivity contribution in [1.82, 2.24) is 4.98 Å². The van der Waals surface area contributed by atoms with Gasteiger partial charge in [-0.1, -0.05) is 19.9 Å². The van der Waals surface area contributed by atoms with E-state index in [2.05, 4.69) is 39.7 Å². The van der Waals surface area contributed by atoms with Crippen molar-refractivity contribution in [1.29, 1.82) is 0 Å². The average molecular weight is 453 g/mol. The van der Waals surface area contributed by atoms with Crippen molar-refractivity contribution in [2.24, 2.45) is 5.41 Å². The highest BCUT2D eigenvalue weighted by Gasteiger charge is 2.28. The number of phenolic OH excluding ortho intramolecular Hbond substituents is 1. The average Bonchev–Trinajstić information content (AvgIpc) is 3.03. The van der Waals surface area contributed by atoms with E-state index in [1.54, 1.807) is 18.2 Å². The summed E-state index contributed by atoms with van der Waals surface area (Å²) in [5.74, 6) is -4.49. The maximum Gasteiger partial charge on any atom is 0.417 e. The van der Waals surface area contributed by atoms with Crippen molar-refractivity contribution in [2.45, 2.75) is 26.7 Å². The normalized spacial score (nSPS) is 16.7. The Hall–Kier alpha value is -2.35. The Morgan fingerprint density at radius 2 is 1.89 bits per heavy atom. The molecule has 2 heterocycles. The fourth-order valence-corrected chi connectivity index (χ4v) is 4.11. The zero-order valence-electron chi connectivity index (χ0n) is 15.4. The third-order valence-electron chi connectivity index (χ3n) is 5.42. The number of aromatic nitrogens is 1. The van der Waals surface area contributed by atoms with Gasteiger partial charge in [0.25, 0.3) is 0 Å². The van der Waals surface area contributed by atoms with Crippen LogP contribution in [-0.4, -0.2) is 23.2 Å². The molecule has 0 bridgehead atoms. The van der Waals surface area contributed by atoms with Crippen molar-refractivity contribution in [3.8, 4) is 16.9 Å². The number of aromatic amines is 1. The van der Waals surface area contributed by atoms with E-state index in [4.69, 9.17) is 4.42 Å². The highest BCUT2D eigenvalue weighted by molar-refractivity contribution is 9.10. The molecule has 0 amide bonds. The standard InChI is InChI=1S/C20H19BrF2N2O3/c1-20(2)5-7-25(8-6-20)12-9-10(3-4-11(12)21)13-14(22)17(26)15(23)16-18(13)28-19(27)24-16/h3-4,9,26H,5-8H2,1-2H3,(H,24,27). The van der Waals surface area contributed by atoms with Crippen molar-refractivity contribution in [2.75, 3.05) is 18.0 Å². The molecule has 4 rings (SSSR count). The smallest absolute Gasteiger partial charge is 0.417 e. The van der Waals surface area contributed by atoms with E-state index in [-0.39, 0.29) is 22.1 Å². The molecule has 0 saturated carbocycles. The van der Waals surface area contributed by atoms with E-state index in [1.165, 1.54) is 0 Å². The number of rotatable bonds is 2. The molecular weight excluding hydrogens is 434 g/mol. The number of phenols is 1. The van der Waals surface area contributed by atoms with Crippen molar-refractivity contribution in [3.63, 3.8) is 0 Å². The summed E-state index contributed by atoms with van der Waals surface area (Å²) in [4.78, 5) is 15.9. The van der Waals surface area contributed by atoms with Crippen LogP contribution in [-0.2, 0) is 0 Å². The Labute approximate surface area is 168 Å². The van der Waals surface area contributed by atoms with E-state index in [9.17, 15) is 18.7 Å². The first-order chi connectivity index (χ1) is 13.2. The minimum atomic E-state index is -1.25. The van der Waals surface area contributed by atoms with Gasteiger partial charge in [-0.05, 0) is 51.9 Å². The van der Waals surface area contributed by atoms with Crippen LogP contribution in [0.3, 0.4) is 0 Å². The molecule has 0 unspecified atom stereocenters. The van der Waals surface area contributed by atoms with Crippen LogP contribution in [0.25, 0.3) is 22.2 Å². The molecule has 0 atom stereocenters. The maximum absolute atomic E-state index is 14.8. The van der Waals surface area contributed by atoms with Gasteiger partial charge in [-0.15, -0.1) is 0 Å². The molecule has 8 heteroatoms. The summed E-state index contributed by atoms with van der Waals surface area (Å²) in [5, 5.41) is 9.85. The molecule has 0 radical (unpaired) electrons. The molecule has 2 aromatic carbocycles. The van der Waals surface area contributed by atoms with E-state index in [0.717, 1.165) is 36.1 Å². The van der Waals surface area contributed by atoms with Gasteiger partial charge in [0.1, 0.15) is 5.52 Å². The lowest BCUT2D eigenvalue weighted by molar-refractivity contribution is 0.279. The predicted molar refractivity (Wildman–Crippen MR) is 107 cm³/mol. The van der Waals surface area contributed by atoms with Gasteiger partial charge in [-0.25, -0.2) is 13.6 Å². The fourth-order valence-electron chi connectivity index (χ4n) is 3.61. The number of benzene rings is 2. The van der Waals surface area contributed by atoms with Gasteiger partial charge in [-0.3, -0.25) is 4.98 Å². The molecule has 1 aliphatic rings. The molecule has 1 aromatic heterocycles. The lowest BCUT2D eigenvalue weighted by atomic mass is 9.82. The van der Waals surface area contributed by atoms with Gasteiger partial charge in [-0.2, -0.15) is 0 Å². The van der Waals surface area contributed by atoms with E-state index in [1.807, 2.05) is 0 Å². The van der Waals surface area contributed by atoms with Crippen LogP contribution in [0.2, 0.25) is 0 Å². The first-order valence-electron chi connectivity index (χ1n) is 8.95. The zero-order valence-corrected chi connectivity index (χ0v) is 17.0. The second-order valence-corrected chi connectivity index (χ2v) is 8.74. The predicted octanol–water partition coefficient (Wildman–Crippen LogP) is 5.16. The Balaban J connectivity index is 1.87. The number of fused-ring (bicyclic) bond motifs is 1. The summed E-state index contributed by atoms with van der Waals surface area (Å²) in [5.41, 5.74) is 0.744. The van der Waals surface area contributed by atoms with Crippen LogP contribution in [0.15, 0.2) is 31.9 Å².